The van der Waals surface area contributed by atoms with Crippen LogP contribution in [0.4, 0.5) is 8.78 Å². The van der Waals surface area contributed by atoms with Gasteiger partial charge in [0.05, 0.1) is 0 Å². The van der Waals surface area contributed by atoms with Crippen molar-refractivity contribution in [3.05, 3.63) is 35.4 Å². The van der Waals surface area contributed by atoms with Gasteiger partial charge in [-0.15, -0.1) is 0 Å². The molecule has 2 N–H and O–H groups in total. The highest BCUT2D eigenvalue weighted by molar-refractivity contribution is 5.84. The van der Waals surface area contributed by atoms with Crippen LogP contribution in [-0.4, -0.2) is 50.5 Å². The summed E-state index contributed by atoms with van der Waals surface area (Å²) < 4.78 is 26.3. The van der Waals surface area contributed by atoms with Gasteiger partial charge in [0.2, 0.25) is 5.91 Å². The summed E-state index contributed by atoms with van der Waals surface area (Å²) >= 11 is 0. The summed E-state index contributed by atoms with van der Waals surface area (Å²) in [5.41, 5.74) is 0.425. The number of hydrogen-bond acceptors (Lipinski definition) is 2. The number of amides is 1. The van der Waals surface area contributed by atoms with Crippen LogP contribution in [0.25, 0.3) is 0 Å². The average Bonchev–Trinajstić information content (AvgIpc) is 2.46. The number of halogens is 2. The van der Waals surface area contributed by atoms with Crippen molar-refractivity contribution in [1.82, 2.24) is 15.5 Å². The first-order valence-electron chi connectivity index (χ1n) is 7.10. The normalized spacial score (nSPS) is 11.2. The highest BCUT2D eigenvalue weighted by Gasteiger charge is 2.06. The van der Waals surface area contributed by atoms with E-state index in [1.165, 1.54) is 17.0 Å². The molecule has 0 spiro atoms. The fraction of sp³-hybridized carbons (Fsp3) is 0.467. The molecule has 0 aromatic heterocycles. The molecule has 5 nitrogen and oxygen atoms in total. The quantitative estimate of drug-likeness (QED) is 0.612. The second-order valence-corrected chi connectivity index (χ2v) is 4.90. The number of benzene rings is 1. The number of guanidine groups is 1. The number of carbonyl (C=O) groups excluding carboxylic acids is 1. The van der Waals surface area contributed by atoms with Crippen molar-refractivity contribution >= 4 is 11.9 Å². The van der Waals surface area contributed by atoms with Gasteiger partial charge in [-0.05, 0) is 25.0 Å². The second kappa shape index (κ2) is 8.96. The predicted octanol–water partition coefficient (Wildman–Crippen LogP) is 1.15. The number of carbonyl (C=O) groups is 1. The Balaban J connectivity index is 2.53. The lowest BCUT2D eigenvalue weighted by Crippen LogP contribution is -2.39. The molecule has 0 aliphatic carbocycles. The molecule has 0 atom stereocenters. The van der Waals surface area contributed by atoms with E-state index in [1.54, 1.807) is 14.1 Å². The third-order valence-corrected chi connectivity index (χ3v) is 2.92. The smallest absolute Gasteiger partial charge is 0.243 e. The van der Waals surface area contributed by atoms with Crippen LogP contribution >= 0.6 is 0 Å². The number of rotatable bonds is 6. The Morgan fingerprint density at radius 2 is 2.00 bits per heavy atom. The van der Waals surface area contributed by atoms with E-state index in [0.717, 1.165) is 6.07 Å². The summed E-state index contributed by atoms with van der Waals surface area (Å²) in [6.45, 7) is 3.01. The van der Waals surface area contributed by atoms with E-state index in [0.29, 0.717) is 31.0 Å². The molecule has 1 rings (SSSR count). The molecule has 0 radical (unpaired) electrons. The van der Waals surface area contributed by atoms with Gasteiger partial charge in [-0.3, -0.25) is 4.79 Å². The van der Waals surface area contributed by atoms with Gasteiger partial charge in [0.1, 0.15) is 18.2 Å². The molecule has 1 amide bonds. The summed E-state index contributed by atoms with van der Waals surface area (Å²) in [6, 6.07) is 3.52. The van der Waals surface area contributed by atoms with Crippen LogP contribution < -0.4 is 10.6 Å². The van der Waals surface area contributed by atoms with E-state index in [4.69, 9.17) is 0 Å². The Labute approximate surface area is 129 Å². The van der Waals surface area contributed by atoms with Gasteiger partial charge in [-0.25, -0.2) is 13.8 Å². The molecule has 0 saturated carbocycles. The number of hydrogen-bond donors (Lipinski definition) is 2. The molecule has 0 aliphatic heterocycles. The summed E-state index contributed by atoms with van der Waals surface area (Å²) in [4.78, 5) is 17.1. The maximum atomic E-state index is 13.5. The molecule has 0 bridgehead atoms. The monoisotopic (exact) mass is 312 g/mol. The Hall–Kier alpha value is -2.18. The van der Waals surface area contributed by atoms with E-state index >= 15 is 0 Å². The first kappa shape index (κ1) is 17.9. The fourth-order valence-electron chi connectivity index (χ4n) is 1.67. The van der Waals surface area contributed by atoms with Crippen molar-refractivity contribution in [2.75, 3.05) is 33.7 Å². The minimum absolute atomic E-state index is 0.0350. The van der Waals surface area contributed by atoms with Crippen LogP contribution in [0.15, 0.2) is 23.2 Å². The molecule has 0 unspecified atom stereocenters. The molecule has 1 aromatic rings. The molecule has 0 aliphatic rings. The minimum Gasteiger partial charge on any atom is -0.357 e. The highest BCUT2D eigenvalue weighted by Crippen LogP contribution is 2.09. The predicted molar refractivity (Wildman–Crippen MR) is 82.7 cm³/mol. The zero-order chi connectivity index (χ0) is 16.5. The van der Waals surface area contributed by atoms with Gasteiger partial charge >= 0.3 is 0 Å². The lowest BCUT2D eigenvalue weighted by molar-refractivity contribution is -0.127. The van der Waals surface area contributed by atoms with E-state index < -0.39 is 11.6 Å². The minimum atomic E-state index is -0.591. The topological polar surface area (TPSA) is 56.7 Å². The Morgan fingerprint density at radius 1 is 1.27 bits per heavy atom. The van der Waals surface area contributed by atoms with E-state index in [9.17, 15) is 13.6 Å². The van der Waals surface area contributed by atoms with Crippen LogP contribution in [0.5, 0.6) is 0 Å². The summed E-state index contributed by atoms with van der Waals surface area (Å²) in [7, 11) is 3.32. The third-order valence-electron chi connectivity index (χ3n) is 2.92. The summed E-state index contributed by atoms with van der Waals surface area (Å²) in [5, 5.41) is 6.01. The highest BCUT2D eigenvalue weighted by atomic mass is 19.1. The van der Waals surface area contributed by atoms with E-state index in [2.05, 4.69) is 15.6 Å². The van der Waals surface area contributed by atoms with Gasteiger partial charge in [-0.2, -0.15) is 0 Å². The Bertz CT molecular complexity index is 532. The van der Waals surface area contributed by atoms with Gasteiger partial charge in [0, 0.05) is 33.3 Å². The van der Waals surface area contributed by atoms with E-state index in [1.807, 2.05) is 6.92 Å². The molecule has 0 saturated heterocycles. The molecular formula is C15H22F2N4O. The average molecular weight is 312 g/mol. The SMILES string of the molecule is CCNC(=NCC(=O)N(C)C)NCCc1ccc(F)cc1F. The summed E-state index contributed by atoms with van der Waals surface area (Å²) in [6.07, 6.45) is 0.387. The first-order valence-corrected chi connectivity index (χ1v) is 7.10. The molecule has 1 aromatic carbocycles. The Morgan fingerprint density at radius 3 is 2.59 bits per heavy atom. The standard InChI is InChI=1S/C15H22F2N4O/c1-4-18-15(20-10-14(22)21(2)3)19-8-7-11-5-6-12(16)9-13(11)17/h5-6,9H,4,7-8,10H2,1-3H3,(H2,18,19,20). The molecule has 0 heterocycles. The van der Waals surface area contributed by atoms with Crippen molar-refractivity contribution in [2.45, 2.75) is 13.3 Å². The maximum Gasteiger partial charge on any atom is 0.243 e. The van der Waals surface area contributed by atoms with Gasteiger partial charge in [-0.1, -0.05) is 6.07 Å². The first-order chi connectivity index (χ1) is 10.4. The zero-order valence-corrected chi connectivity index (χ0v) is 13.1. The molecule has 22 heavy (non-hydrogen) atoms. The lowest BCUT2D eigenvalue weighted by atomic mass is 10.1. The van der Waals surface area contributed by atoms with Gasteiger partial charge in [0.25, 0.3) is 0 Å². The number of aliphatic imine (C=N–C) groups is 1. The van der Waals surface area contributed by atoms with Gasteiger partial charge < -0.3 is 15.5 Å². The zero-order valence-electron chi connectivity index (χ0n) is 13.1. The molecular weight excluding hydrogens is 290 g/mol. The lowest BCUT2D eigenvalue weighted by Gasteiger charge is -2.13. The van der Waals surface area contributed by atoms with Crippen LogP contribution in [-0.2, 0) is 11.2 Å². The Kier molecular flexibility index (Phi) is 7.28. The molecule has 122 valence electrons. The van der Waals surface area contributed by atoms with Crippen molar-refractivity contribution in [3.63, 3.8) is 0 Å². The largest absolute Gasteiger partial charge is 0.357 e. The number of nitrogens with one attached hydrogen (secondary N) is 2. The summed E-state index contributed by atoms with van der Waals surface area (Å²) in [5.74, 6) is -0.778. The van der Waals surface area contributed by atoms with Crippen molar-refractivity contribution < 1.29 is 13.6 Å². The van der Waals surface area contributed by atoms with Crippen molar-refractivity contribution in [3.8, 4) is 0 Å². The van der Waals surface area contributed by atoms with Crippen molar-refractivity contribution in [1.29, 1.82) is 0 Å². The van der Waals surface area contributed by atoms with Crippen LogP contribution in [0.3, 0.4) is 0 Å². The van der Waals surface area contributed by atoms with Gasteiger partial charge in [0.15, 0.2) is 5.96 Å². The maximum absolute atomic E-state index is 13.5. The van der Waals surface area contributed by atoms with Crippen molar-refractivity contribution in [2.24, 2.45) is 4.99 Å². The van der Waals surface area contributed by atoms with E-state index in [-0.39, 0.29) is 12.5 Å². The van der Waals surface area contributed by atoms with Crippen LogP contribution in [0.2, 0.25) is 0 Å². The number of likely N-dealkylation sites (N-methyl/N-ethyl adjacent to an activating group) is 1. The second-order valence-electron chi connectivity index (χ2n) is 4.90. The fourth-order valence-corrected chi connectivity index (χ4v) is 1.67. The third kappa shape index (κ3) is 6.07. The molecule has 0 fully saturated rings. The number of nitrogens with zero attached hydrogens (tertiary/aromatic N) is 2. The van der Waals surface area contributed by atoms with Crippen LogP contribution in [0.1, 0.15) is 12.5 Å². The molecule has 7 heteroatoms. The van der Waals surface area contributed by atoms with Crippen LogP contribution in [0, 0.1) is 11.6 Å².